The Balaban J connectivity index is 2.03. The first-order chi connectivity index (χ1) is 7.70. The van der Waals surface area contributed by atoms with Crippen LogP contribution in [0.4, 0.5) is 0 Å². The van der Waals surface area contributed by atoms with Gasteiger partial charge in [0.2, 0.25) is 0 Å². The Morgan fingerprint density at radius 1 is 1.62 bits per heavy atom. The Bertz CT molecular complexity index is 397. The minimum absolute atomic E-state index is 0.00965. The molecule has 1 fully saturated rings. The number of phenols is 1. The summed E-state index contributed by atoms with van der Waals surface area (Å²) < 4.78 is 14.8. The Hall–Kier alpha value is -1.75. The lowest BCUT2D eigenvalue weighted by Gasteiger charge is -2.06. The summed E-state index contributed by atoms with van der Waals surface area (Å²) in [5.74, 6) is -0.213. The molecule has 1 aliphatic rings. The number of benzene rings is 1. The van der Waals surface area contributed by atoms with Crippen molar-refractivity contribution in [1.29, 1.82) is 0 Å². The minimum Gasteiger partial charge on any atom is -0.504 e. The molecule has 0 saturated carbocycles. The van der Waals surface area contributed by atoms with Crippen LogP contribution in [-0.4, -0.2) is 37.5 Å². The fourth-order valence-corrected chi connectivity index (χ4v) is 1.22. The van der Waals surface area contributed by atoms with Crippen molar-refractivity contribution in [2.75, 3.05) is 20.3 Å². The molecule has 0 aliphatic carbocycles. The maximum atomic E-state index is 11.5. The van der Waals surface area contributed by atoms with Gasteiger partial charge in [0.05, 0.1) is 19.3 Å². The molecule has 1 aromatic rings. The van der Waals surface area contributed by atoms with Gasteiger partial charge in [-0.1, -0.05) is 0 Å². The monoisotopic (exact) mass is 224 g/mol. The number of aromatic hydroxyl groups is 1. The lowest BCUT2D eigenvalue weighted by atomic mass is 10.2. The average Bonchev–Trinajstić information content (AvgIpc) is 3.10. The molecule has 2 rings (SSSR count). The maximum Gasteiger partial charge on any atom is 0.338 e. The molecular weight excluding hydrogens is 212 g/mol. The van der Waals surface area contributed by atoms with Crippen molar-refractivity contribution in [1.82, 2.24) is 0 Å². The molecule has 5 heteroatoms. The zero-order valence-electron chi connectivity index (χ0n) is 8.80. The number of carbonyl (C=O) groups excluding carboxylic acids is 1. The topological polar surface area (TPSA) is 68.3 Å². The van der Waals surface area contributed by atoms with Crippen molar-refractivity contribution >= 4 is 5.97 Å². The molecule has 0 radical (unpaired) electrons. The van der Waals surface area contributed by atoms with E-state index in [0.717, 1.165) is 0 Å². The van der Waals surface area contributed by atoms with Gasteiger partial charge >= 0.3 is 5.97 Å². The predicted octanol–water partition coefficient (Wildman–Crippen LogP) is 0.956. The van der Waals surface area contributed by atoms with Crippen molar-refractivity contribution in [3.05, 3.63) is 23.8 Å². The van der Waals surface area contributed by atoms with Gasteiger partial charge in [-0.2, -0.15) is 0 Å². The van der Waals surface area contributed by atoms with E-state index in [1.807, 2.05) is 0 Å². The first-order valence-electron chi connectivity index (χ1n) is 4.86. The molecule has 16 heavy (non-hydrogen) atoms. The summed E-state index contributed by atoms with van der Waals surface area (Å²) in [7, 11) is 1.42. The molecule has 1 heterocycles. The Morgan fingerprint density at radius 3 is 3.00 bits per heavy atom. The van der Waals surface area contributed by atoms with E-state index >= 15 is 0 Å². The highest BCUT2D eigenvalue weighted by molar-refractivity contribution is 5.90. The molecule has 0 bridgehead atoms. The zero-order chi connectivity index (χ0) is 11.5. The highest BCUT2D eigenvalue weighted by Crippen LogP contribution is 2.26. The summed E-state index contributed by atoms with van der Waals surface area (Å²) in [6.45, 7) is 0.911. The largest absolute Gasteiger partial charge is 0.504 e. The molecule has 1 atom stereocenters. The highest BCUT2D eigenvalue weighted by Gasteiger charge is 2.24. The van der Waals surface area contributed by atoms with Crippen LogP contribution in [0, 0.1) is 0 Å². The van der Waals surface area contributed by atoms with Gasteiger partial charge in [-0.3, -0.25) is 0 Å². The van der Waals surface area contributed by atoms with E-state index < -0.39 is 5.97 Å². The summed E-state index contributed by atoms with van der Waals surface area (Å²) in [5.41, 5.74) is 0.343. The molecule has 0 amide bonds. The molecule has 1 aliphatic heterocycles. The molecule has 0 spiro atoms. The third-order valence-corrected chi connectivity index (χ3v) is 2.22. The van der Waals surface area contributed by atoms with Gasteiger partial charge in [0.25, 0.3) is 0 Å². The van der Waals surface area contributed by atoms with Crippen molar-refractivity contribution in [2.45, 2.75) is 6.10 Å². The van der Waals surface area contributed by atoms with E-state index in [4.69, 9.17) is 14.2 Å². The van der Waals surface area contributed by atoms with E-state index in [2.05, 4.69) is 0 Å². The molecule has 1 aromatic carbocycles. The lowest BCUT2D eigenvalue weighted by molar-refractivity contribution is 0.0476. The SMILES string of the molecule is COc1cc(C(=O)OCC2CO2)ccc1O. The summed E-state index contributed by atoms with van der Waals surface area (Å²) in [5, 5.41) is 9.35. The van der Waals surface area contributed by atoms with E-state index in [9.17, 15) is 9.90 Å². The Kier molecular flexibility index (Phi) is 2.96. The number of ether oxygens (including phenoxy) is 3. The first-order valence-corrected chi connectivity index (χ1v) is 4.86. The Labute approximate surface area is 92.5 Å². The summed E-state index contributed by atoms with van der Waals surface area (Å²) >= 11 is 0. The van der Waals surface area contributed by atoms with Gasteiger partial charge in [0, 0.05) is 0 Å². The molecule has 0 aromatic heterocycles. The summed E-state index contributed by atoms with van der Waals surface area (Å²) in [4.78, 5) is 11.5. The number of carbonyl (C=O) groups is 1. The number of esters is 1. The Morgan fingerprint density at radius 2 is 2.38 bits per heavy atom. The third kappa shape index (κ3) is 2.43. The van der Waals surface area contributed by atoms with Crippen molar-refractivity contribution in [3.63, 3.8) is 0 Å². The van der Waals surface area contributed by atoms with Gasteiger partial charge in [-0.25, -0.2) is 4.79 Å². The molecular formula is C11H12O5. The van der Waals surface area contributed by atoms with Gasteiger partial charge in [0.1, 0.15) is 12.7 Å². The van der Waals surface area contributed by atoms with Crippen molar-refractivity contribution in [3.8, 4) is 11.5 Å². The van der Waals surface area contributed by atoms with Gasteiger partial charge in [0.15, 0.2) is 11.5 Å². The van der Waals surface area contributed by atoms with Crippen LogP contribution in [0.2, 0.25) is 0 Å². The van der Waals surface area contributed by atoms with Crippen LogP contribution >= 0.6 is 0 Å². The number of methoxy groups -OCH3 is 1. The van der Waals surface area contributed by atoms with Crippen molar-refractivity contribution < 1.29 is 24.1 Å². The number of phenolic OH excluding ortho intramolecular Hbond substituents is 1. The van der Waals surface area contributed by atoms with Crippen LogP contribution in [0.15, 0.2) is 18.2 Å². The third-order valence-electron chi connectivity index (χ3n) is 2.22. The number of hydrogen-bond donors (Lipinski definition) is 1. The number of hydrogen-bond acceptors (Lipinski definition) is 5. The quantitative estimate of drug-likeness (QED) is 0.609. The predicted molar refractivity (Wildman–Crippen MR) is 54.7 cm³/mol. The van der Waals surface area contributed by atoms with Gasteiger partial charge < -0.3 is 19.3 Å². The van der Waals surface area contributed by atoms with Gasteiger partial charge in [-0.15, -0.1) is 0 Å². The van der Waals surface area contributed by atoms with E-state index in [1.54, 1.807) is 0 Å². The summed E-state index contributed by atoms with van der Waals surface area (Å²) in [6, 6.07) is 4.31. The van der Waals surface area contributed by atoms with E-state index in [-0.39, 0.29) is 24.2 Å². The highest BCUT2D eigenvalue weighted by atomic mass is 16.6. The van der Waals surface area contributed by atoms with Crippen LogP contribution in [0.5, 0.6) is 11.5 Å². The molecule has 5 nitrogen and oxygen atoms in total. The first kappa shape index (κ1) is 10.8. The van der Waals surface area contributed by atoms with Crippen molar-refractivity contribution in [2.24, 2.45) is 0 Å². The van der Waals surface area contributed by atoms with Crippen LogP contribution in [0.25, 0.3) is 0 Å². The molecule has 1 saturated heterocycles. The van der Waals surface area contributed by atoms with Crippen LogP contribution in [0.3, 0.4) is 0 Å². The molecule has 1 N–H and O–H groups in total. The van der Waals surface area contributed by atoms with E-state index in [1.165, 1.54) is 25.3 Å². The standard InChI is InChI=1S/C11H12O5/c1-14-10-4-7(2-3-9(10)12)11(13)16-6-8-5-15-8/h2-4,8,12H,5-6H2,1H3. The second kappa shape index (κ2) is 4.40. The second-order valence-electron chi connectivity index (χ2n) is 3.44. The molecule has 86 valence electrons. The maximum absolute atomic E-state index is 11.5. The zero-order valence-corrected chi connectivity index (χ0v) is 8.80. The normalized spacial score (nSPS) is 17.9. The fraction of sp³-hybridized carbons (Fsp3) is 0.364. The van der Waals surface area contributed by atoms with Gasteiger partial charge in [-0.05, 0) is 18.2 Å². The fourth-order valence-electron chi connectivity index (χ4n) is 1.22. The van der Waals surface area contributed by atoms with E-state index in [0.29, 0.717) is 12.2 Å². The van der Waals surface area contributed by atoms with Crippen LogP contribution in [-0.2, 0) is 9.47 Å². The average molecular weight is 224 g/mol. The summed E-state index contributed by atoms with van der Waals surface area (Å²) in [6.07, 6.45) is 0.0444. The minimum atomic E-state index is -0.450. The van der Waals surface area contributed by atoms with Crippen LogP contribution < -0.4 is 4.74 Å². The molecule has 1 unspecified atom stereocenters. The second-order valence-corrected chi connectivity index (χ2v) is 3.44. The van der Waals surface area contributed by atoms with Crippen LogP contribution in [0.1, 0.15) is 10.4 Å². The smallest absolute Gasteiger partial charge is 0.338 e. The number of epoxide rings is 1. The number of rotatable bonds is 4. The lowest BCUT2D eigenvalue weighted by Crippen LogP contribution is -2.10.